The third kappa shape index (κ3) is 5.65. The van der Waals surface area contributed by atoms with E-state index in [0.717, 1.165) is 12.0 Å². The minimum Gasteiger partial charge on any atom is -0.471 e. The number of ether oxygens (including phenoxy) is 1. The molecule has 0 saturated heterocycles. The predicted molar refractivity (Wildman–Crippen MR) is 103 cm³/mol. The Morgan fingerprint density at radius 1 is 1.12 bits per heavy atom. The number of benzene rings is 2. The number of nitrogens with one attached hydrogen (secondary N) is 1. The van der Waals surface area contributed by atoms with E-state index in [4.69, 9.17) is 17.0 Å². The number of hydrogen-bond acceptors (Lipinski definition) is 4. The summed E-state index contributed by atoms with van der Waals surface area (Å²) in [6.45, 7) is 4.29. The molecule has 2 rings (SSSR count). The molecular weight excluding hydrogens is 356 g/mol. The van der Waals surface area contributed by atoms with E-state index < -0.39 is 10.0 Å². The van der Waals surface area contributed by atoms with Crippen LogP contribution in [0.2, 0.25) is 0 Å². The Hall–Kier alpha value is -2.25. The molecule has 25 heavy (non-hydrogen) atoms. The molecule has 0 saturated carbocycles. The van der Waals surface area contributed by atoms with Crippen LogP contribution in [0.15, 0.2) is 63.9 Å². The molecule has 0 aliphatic carbocycles. The van der Waals surface area contributed by atoms with Crippen LogP contribution in [0.5, 0.6) is 0 Å². The van der Waals surface area contributed by atoms with Crippen molar-refractivity contribution in [1.82, 2.24) is 5.32 Å². The van der Waals surface area contributed by atoms with Crippen molar-refractivity contribution < 1.29 is 13.2 Å². The summed E-state index contributed by atoms with van der Waals surface area (Å²) >= 11 is 5.11. The molecule has 0 aliphatic rings. The molecular formula is C18H20N2O3S2. The zero-order valence-corrected chi connectivity index (χ0v) is 15.7. The van der Waals surface area contributed by atoms with Gasteiger partial charge in [-0.25, -0.2) is 0 Å². The van der Waals surface area contributed by atoms with Gasteiger partial charge in [-0.3, -0.25) is 0 Å². The molecule has 0 atom stereocenters. The Morgan fingerprint density at radius 2 is 1.76 bits per heavy atom. The summed E-state index contributed by atoms with van der Waals surface area (Å²) in [5.41, 5.74) is 1.57. The molecule has 2 aromatic carbocycles. The molecule has 0 bridgehead atoms. The molecule has 132 valence electrons. The Labute approximate surface area is 153 Å². The second-order valence-corrected chi connectivity index (χ2v) is 7.33. The van der Waals surface area contributed by atoms with Crippen LogP contribution in [0.1, 0.15) is 24.5 Å². The highest BCUT2D eigenvalue weighted by molar-refractivity contribution is 7.90. The van der Waals surface area contributed by atoms with Crippen molar-refractivity contribution in [3.8, 4) is 0 Å². The van der Waals surface area contributed by atoms with Gasteiger partial charge in [0.15, 0.2) is 5.84 Å². The van der Waals surface area contributed by atoms with Gasteiger partial charge < -0.3 is 10.1 Å². The van der Waals surface area contributed by atoms with Crippen LogP contribution >= 0.6 is 12.2 Å². The maximum atomic E-state index is 12.6. The van der Waals surface area contributed by atoms with E-state index in [1.54, 1.807) is 36.4 Å². The molecule has 2 aromatic rings. The number of sulfonamides is 1. The molecule has 0 aromatic heterocycles. The highest BCUT2D eigenvalue weighted by Gasteiger charge is 2.16. The first kappa shape index (κ1) is 19.1. The fourth-order valence-corrected chi connectivity index (χ4v) is 3.11. The van der Waals surface area contributed by atoms with Gasteiger partial charge in [-0.15, -0.1) is 4.40 Å². The molecule has 0 radical (unpaired) electrons. The summed E-state index contributed by atoms with van der Waals surface area (Å²) in [6, 6.07) is 15.4. The van der Waals surface area contributed by atoms with Gasteiger partial charge in [-0.2, -0.15) is 8.42 Å². The lowest BCUT2D eigenvalue weighted by Crippen LogP contribution is -2.32. The Kier molecular flexibility index (Phi) is 6.66. The highest BCUT2D eigenvalue weighted by Crippen LogP contribution is 2.14. The van der Waals surface area contributed by atoms with Gasteiger partial charge in [0.25, 0.3) is 15.2 Å². The van der Waals surface area contributed by atoms with Gasteiger partial charge in [0.1, 0.15) is 0 Å². The Bertz CT molecular complexity index is 846. The lowest BCUT2D eigenvalue weighted by molar-refractivity contribution is 0.304. The Morgan fingerprint density at radius 3 is 2.36 bits per heavy atom. The van der Waals surface area contributed by atoms with Crippen LogP contribution in [0.25, 0.3) is 0 Å². The molecule has 0 fully saturated rings. The van der Waals surface area contributed by atoms with Crippen LogP contribution < -0.4 is 5.32 Å². The zero-order valence-electron chi connectivity index (χ0n) is 14.1. The third-order valence-corrected chi connectivity index (χ3v) is 4.75. The summed E-state index contributed by atoms with van der Waals surface area (Å²) in [7, 11) is -3.88. The van der Waals surface area contributed by atoms with Crippen molar-refractivity contribution >= 4 is 33.3 Å². The number of hydrogen-bond donors (Lipinski definition) is 1. The van der Waals surface area contributed by atoms with Gasteiger partial charge >= 0.3 is 0 Å². The van der Waals surface area contributed by atoms with Gasteiger partial charge in [0.2, 0.25) is 0 Å². The molecule has 0 unspecified atom stereocenters. The van der Waals surface area contributed by atoms with Crippen molar-refractivity contribution in [1.29, 1.82) is 0 Å². The first-order valence-corrected chi connectivity index (χ1v) is 9.68. The number of amidine groups is 1. The lowest BCUT2D eigenvalue weighted by Gasteiger charge is -2.12. The quantitative estimate of drug-likeness (QED) is 0.492. The van der Waals surface area contributed by atoms with Crippen LogP contribution in [0.3, 0.4) is 0 Å². The monoisotopic (exact) mass is 376 g/mol. The lowest BCUT2D eigenvalue weighted by atomic mass is 10.2. The van der Waals surface area contributed by atoms with E-state index in [2.05, 4.69) is 9.71 Å². The summed E-state index contributed by atoms with van der Waals surface area (Å²) in [5.74, 6) is 0.127. The summed E-state index contributed by atoms with van der Waals surface area (Å²) in [6.07, 6.45) is 0.793. The second kappa shape index (κ2) is 8.73. The van der Waals surface area contributed by atoms with E-state index in [1.165, 1.54) is 12.1 Å². The fraction of sp³-hybridized carbons (Fsp3) is 0.222. The molecule has 0 aliphatic heterocycles. The van der Waals surface area contributed by atoms with Crippen molar-refractivity contribution in [3.63, 3.8) is 0 Å². The van der Waals surface area contributed by atoms with Gasteiger partial charge in [-0.1, -0.05) is 55.0 Å². The van der Waals surface area contributed by atoms with Crippen LogP contribution in [0.4, 0.5) is 0 Å². The SMILES string of the molecule is CCCOC(=S)N/C(=N/S(=O)(=O)c1ccc(C)cc1)c1ccccc1. The van der Waals surface area contributed by atoms with Crippen LogP contribution in [0, 0.1) is 6.92 Å². The molecule has 0 heterocycles. The van der Waals surface area contributed by atoms with Crippen molar-refractivity contribution in [2.24, 2.45) is 4.40 Å². The fourth-order valence-electron chi connectivity index (χ4n) is 1.95. The van der Waals surface area contributed by atoms with Crippen molar-refractivity contribution in [2.75, 3.05) is 6.61 Å². The standard InChI is InChI=1S/C18H20N2O3S2/c1-3-13-23-18(24)19-17(15-7-5-4-6-8-15)20-25(21,22)16-11-9-14(2)10-12-16/h4-12H,3,13H2,1-2H3,(H,19,20,24). The number of aryl methyl sites for hydroxylation is 1. The molecule has 7 heteroatoms. The van der Waals surface area contributed by atoms with Crippen LogP contribution in [-0.2, 0) is 14.8 Å². The molecule has 0 amide bonds. The average molecular weight is 377 g/mol. The van der Waals surface area contributed by atoms with Crippen molar-refractivity contribution in [2.45, 2.75) is 25.2 Å². The van der Waals surface area contributed by atoms with Crippen LogP contribution in [-0.4, -0.2) is 26.0 Å². The van der Waals surface area contributed by atoms with E-state index in [-0.39, 0.29) is 15.9 Å². The number of thiocarbonyl (C=S) groups is 1. The smallest absolute Gasteiger partial charge is 0.284 e. The van der Waals surface area contributed by atoms with E-state index in [0.29, 0.717) is 12.2 Å². The topological polar surface area (TPSA) is 67.8 Å². The first-order chi connectivity index (χ1) is 11.9. The minimum absolute atomic E-state index is 0.0866. The summed E-state index contributed by atoms with van der Waals surface area (Å²) in [5, 5.41) is 2.87. The van der Waals surface area contributed by atoms with E-state index in [1.807, 2.05) is 19.9 Å². The zero-order chi connectivity index (χ0) is 18.3. The number of rotatable bonds is 5. The van der Waals surface area contributed by atoms with Gasteiger partial charge in [-0.05, 0) is 37.7 Å². The maximum absolute atomic E-state index is 12.6. The predicted octanol–water partition coefficient (Wildman–Crippen LogP) is 3.43. The van der Waals surface area contributed by atoms with E-state index >= 15 is 0 Å². The van der Waals surface area contributed by atoms with Gasteiger partial charge in [0, 0.05) is 5.56 Å². The molecule has 1 N–H and O–H groups in total. The maximum Gasteiger partial charge on any atom is 0.284 e. The van der Waals surface area contributed by atoms with Gasteiger partial charge in [0.05, 0.1) is 11.5 Å². The molecule has 0 spiro atoms. The summed E-state index contributed by atoms with van der Waals surface area (Å²) < 4.78 is 34.5. The van der Waals surface area contributed by atoms with E-state index in [9.17, 15) is 8.42 Å². The average Bonchev–Trinajstić information content (AvgIpc) is 2.60. The molecule has 5 nitrogen and oxygen atoms in total. The Balaban J connectivity index is 2.38. The number of nitrogens with zero attached hydrogens (tertiary/aromatic N) is 1. The normalized spacial score (nSPS) is 11.8. The third-order valence-electron chi connectivity index (χ3n) is 3.24. The minimum atomic E-state index is -3.88. The highest BCUT2D eigenvalue weighted by atomic mass is 32.2. The largest absolute Gasteiger partial charge is 0.471 e. The van der Waals surface area contributed by atoms with Crippen molar-refractivity contribution in [3.05, 3.63) is 65.7 Å². The first-order valence-electron chi connectivity index (χ1n) is 7.83. The second-order valence-electron chi connectivity index (χ2n) is 5.35. The summed E-state index contributed by atoms with van der Waals surface area (Å²) in [4.78, 5) is 0.119.